The topological polar surface area (TPSA) is 29.3 Å². The van der Waals surface area contributed by atoms with Crippen molar-refractivity contribution in [2.45, 2.75) is 19.6 Å². The van der Waals surface area contributed by atoms with E-state index < -0.39 is 0 Å². The highest BCUT2D eigenvalue weighted by Gasteiger charge is 2.05. The lowest BCUT2D eigenvalue weighted by Crippen LogP contribution is -2.18. The summed E-state index contributed by atoms with van der Waals surface area (Å²) in [5.74, 6) is -0.146. The molecule has 0 atom stereocenters. The molecule has 0 spiro atoms. The molecule has 100 valence electrons. The van der Waals surface area contributed by atoms with E-state index in [0.29, 0.717) is 13.1 Å². The first-order valence-electron chi connectivity index (χ1n) is 6.39. The molecule has 0 radical (unpaired) electrons. The van der Waals surface area contributed by atoms with Gasteiger partial charge in [-0.1, -0.05) is 42.5 Å². The maximum absolute atomic E-state index is 13.5. The van der Waals surface area contributed by atoms with E-state index in [1.54, 1.807) is 6.07 Å². The number of hydrogen-bond acceptors (Lipinski definition) is 2. The largest absolute Gasteiger partial charge is 0.326 e. The lowest BCUT2D eigenvalue weighted by Gasteiger charge is -2.17. The molecule has 0 bridgehead atoms. The summed E-state index contributed by atoms with van der Waals surface area (Å²) in [6.07, 6.45) is 0. The van der Waals surface area contributed by atoms with Crippen LogP contribution in [0.2, 0.25) is 0 Å². The Hall–Kier alpha value is -1.71. The third kappa shape index (κ3) is 3.88. The van der Waals surface area contributed by atoms with Crippen molar-refractivity contribution >= 4 is 0 Å². The first-order chi connectivity index (χ1) is 9.19. The Morgan fingerprint density at radius 2 is 1.58 bits per heavy atom. The maximum Gasteiger partial charge on any atom is 0.127 e. The lowest BCUT2D eigenvalue weighted by atomic mass is 10.1. The zero-order chi connectivity index (χ0) is 13.7. The Balaban J connectivity index is 1.97. The summed E-state index contributed by atoms with van der Waals surface area (Å²) in [7, 11) is 1.99. The normalized spacial score (nSPS) is 10.9. The molecule has 0 aliphatic heterocycles. The fraction of sp³-hybridized carbons (Fsp3) is 0.250. The molecule has 0 aliphatic carbocycles. The number of hydrogen-bond donors (Lipinski definition) is 1. The smallest absolute Gasteiger partial charge is 0.127 e. The number of nitrogens with two attached hydrogens (primary N) is 1. The number of benzene rings is 2. The van der Waals surface area contributed by atoms with Gasteiger partial charge in [0.05, 0.1) is 0 Å². The molecule has 19 heavy (non-hydrogen) atoms. The molecule has 3 heteroatoms. The molecule has 0 saturated heterocycles. The summed E-state index contributed by atoms with van der Waals surface area (Å²) < 4.78 is 13.5. The zero-order valence-corrected chi connectivity index (χ0v) is 11.1. The van der Waals surface area contributed by atoms with E-state index in [2.05, 4.69) is 17.0 Å². The van der Waals surface area contributed by atoms with Crippen LogP contribution >= 0.6 is 0 Å². The van der Waals surface area contributed by atoms with Crippen molar-refractivity contribution < 1.29 is 4.39 Å². The number of halogens is 1. The minimum Gasteiger partial charge on any atom is -0.326 e. The van der Waals surface area contributed by atoms with Gasteiger partial charge in [0.2, 0.25) is 0 Å². The van der Waals surface area contributed by atoms with Gasteiger partial charge >= 0.3 is 0 Å². The van der Waals surface area contributed by atoms with Crippen molar-refractivity contribution in [2.24, 2.45) is 5.73 Å². The molecule has 0 aromatic heterocycles. The van der Waals surface area contributed by atoms with E-state index in [1.165, 1.54) is 11.6 Å². The van der Waals surface area contributed by atoms with Crippen LogP contribution in [0.4, 0.5) is 4.39 Å². The molecule has 0 fully saturated rings. The third-order valence-corrected chi connectivity index (χ3v) is 3.11. The monoisotopic (exact) mass is 258 g/mol. The highest BCUT2D eigenvalue weighted by Crippen LogP contribution is 2.12. The highest BCUT2D eigenvalue weighted by atomic mass is 19.1. The highest BCUT2D eigenvalue weighted by molar-refractivity contribution is 5.22. The molecule has 2 nitrogen and oxygen atoms in total. The van der Waals surface area contributed by atoms with Gasteiger partial charge in [-0.25, -0.2) is 4.39 Å². The van der Waals surface area contributed by atoms with Crippen LogP contribution < -0.4 is 5.73 Å². The van der Waals surface area contributed by atoms with E-state index in [4.69, 9.17) is 5.73 Å². The lowest BCUT2D eigenvalue weighted by molar-refractivity contribution is 0.313. The molecule has 2 aromatic carbocycles. The Bertz CT molecular complexity index is 523. The van der Waals surface area contributed by atoms with E-state index in [1.807, 2.05) is 31.3 Å². The van der Waals surface area contributed by atoms with E-state index in [0.717, 1.165) is 17.7 Å². The van der Waals surface area contributed by atoms with E-state index in [9.17, 15) is 4.39 Å². The molecule has 2 rings (SSSR count). The predicted molar refractivity (Wildman–Crippen MR) is 75.9 cm³/mol. The van der Waals surface area contributed by atoms with Crippen LogP contribution in [-0.4, -0.2) is 11.9 Å². The van der Waals surface area contributed by atoms with Gasteiger partial charge in [-0.2, -0.15) is 0 Å². The average Bonchev–Trinajstić information content (AvgIpc) is 2.42. The summed E-state index contributed by atoms with van der Waals surface area (Å²) in [5, 5.41) is 0. The van der Waals surface area contributed by atoms with Gasteiger partial charge in [-0.05, 0) is 24.2 Å². The Kier molecular flexibility index (Phi) is 4.66. The summed E-state index contributed by atoms with van der Waals surface area (Å²) in [6, 6.07) is 15.1. The third-order valence-electron chi connectivity index (χ3n) is 3.11. The fourth-order valence-corrected chi connectivity index (χ4v) is 2.07. The molecule has 0 unspecified atom stereocenters. The van der Waals surface area contributed by atoms with Gasteiger partial charge in [0.25, 0.3) is 0 Å². The zero-order valence-electron chi connectivity index (χ0n) is 11.1. The molecular formula is C16H19FN2. The van der Waals surface area contributed by atoms with Crippen molar-refractivity contribution in [1.29, 1.82) is 0 Å². The van der Waals surface area contributed by atoms with Crippen molar-refractivity contribution in [2.75, 3.05) is 7.05 Å². The number of rotatable bonds is 5. The van der Waals surface area contributed by atoms with Crippen molar-refractivity contribution in [3.63, 3.8) is 0 Å². The first kappa shape index (κ1) is 13.7. The average molecular weight is 258 g/mol. The van der Waals surface area contributed by atoms with E-state index in [-0.39, 0.29) is 5.82 Å². The quantitative estimate of drug-likeness (QED) is 0.893. The SMILES string of the molecule is CN(Cc1ccc(CN)cc1)Cc1ccccc1F. The van der Waals surface area contributed by atoms with E-state index >= 15 is 0 Å². The molecule has 0 aliphatic rings. The van der Waals surface area contributed by atoms with Crippen LogP contribution in [0, 0.1) is 5.82 Å². The van der Waals surface area contributed by atoms with Crippen LogP contribution in [0.1, 0.15) is 16.7 Å². The first-order valence-corrected chi connectivity index (χ1v) is 6.39. The minimum atomic E-state index is -0.146. The van der Waals surface area contributed by atoms with Crippen LogP contribution in [-0.2, 0) is 19.6 Å². The summed E-state index contributed by atoms with van der Waals surface area (Å²) in [5.41, 5.74) is 8.62. The minimum absolute atomic E-state index is 0.146. The predicted octanol–water partition coefficient (Wildman–Crippen LogP) is 2.92. The molecule has 2 N–H and O–H groups in total. The second-order valence-corrected chi connectivity index (χ2v) is 4.78. The second-order valence-electron chi connectivity index (χ2n) is 4.78. The van der Waals surface area contributed by atoms with Crippen molar-refractivity contribution in [1.82, 2.24) is 4.90 Å². The molecule has 0 amide bonds. The summed E-state index contributed by atoms with van der Waals surface area (Å²) in [4.78, 5) is 2.09. The van der Waals surface area contributed by atoms with Crippen molar-refractivity contribution in [3.05, 3.63) is 71.0 Å². The standard InChI is InChI=1S/C16H19FN2/c1-19(12-15-4-2-3-5-16(15)17)11-14-8-6-13(10-18)7-9-14/h2-9H,10-12,18H2,1H3. The Morgan fingerprint density at radius 1 is 0.947 bits per heavy atom. The Morgan fingerprint density at radius 3 is 2.21 bits per heavy atom. The molecule has 2 aromatic rings. The van der Waals surface area contributed by atoms with Gasteiger partial charge in [-0.15, -0.1) is 0 Å². The van der Waals surface area contributed by atoms with Crippen LogP contribution in [0.5, 0.6) is 0 Å². The number of nitrogens with zero attached hydrogens (tertiary/aromatic N) is 1. The molecule has 0 saturated carbocycles. The van der Waals surface area contributed by atoms with Gasteiger partial charge in [-0.3, -0.25) is 4.90 Å². The molecule has 0 heterocycles. The van der Waals surface area contributed by atoms with Crippen LogP contribution in [0.25, 0.3) is 0 Å². The fourth-order valence-electron chi connectivity index (χ4n) is 2.07. The summed E-state index contributed by atoms with van der Waals surface area (Å²) in [6.45, 7) is 1.95. The van der Waals surface area contributed by atoms with Gasteiger partial charge in [0, 0.05) is 25.2 Å². The molecular weight excluding hydrogens is 239 g/mol. The van der Waals surface area contributed by atoms with Gasteiger partial charge < -0.3 is 5.73 Å². The second kappa shape index (κ2) is 6.45. The Labute approximate surface area is 113 Å². The van der Waals surface area contributed by atoms with Crippen molar-refractivity contribution in [3.8, 4) is 0 Å². The summed E-state index contributed by atoms with van der Waals surface area (Å²) >= 11 is 0. The van der Waals surface area contributed by atoms with Gasteiger partial charge in [0.1, 0.15) is 5.82 Å². The van der Waals surface area contributed by atoms with Gasteiger partial charge in [0.15, 0.2) is 0 Å². The van der Waals surface area contributed by atoms with Crippen LogP contribution in [0.15, 0.2) is 48.5 Å². The van der Waals surface area contributed by atoms with Crippen LogP contribution in [0.3, 0.4) is 0 Å². The maximum atomic E-state index is 13.5.